The van der Waals surface area contributed by atoms with E-state index in [1.54, 1.807) is 0 Å². The molecule has 0 radical (unpaired) electrons. The van der Waals surface area contributed by atoms with Gasteiger partial charge in [-0.2, -0.15) is 0 Å². The van der Waals surface area contributed by atoms with Gasteiger partial charge in [-0.25, -0.2) is 4.79 Å². The number of aliphatic imine (C=N–C) groups is 1. The molecule has 14 nitrogen and oxygen atoms in total. The normalized spacial score (nSPS) is 31.0. The minimum Gasteiger partial charge on any atom is -0.859 e. The number of hydrogen-bond acceptors (Lipinski definition) is 13. The maximum absolute atomic E-state index is 11.4. The average Bonchev–Trinajstić information content (AvgIpc) is 2.72. The van der Waals surface area contributed by atoms with Gasteiger partial charge in [-0.1, -0.05) is 0 Å². The molecule has 9 atom stereocenters. The monoisotopic (exact) mass is 463 g/mol. The van der Waals surface area contributed by atoms with Crippen LogP contribution in [0.1, 0.15) is 0 Å². The fourth-order valence-corrected chi connectivity index (χ4v) is 2.54. The number of aliphatic carboxylic acids is 1. The SMILES string of the molecule is O=C(O)/C=C/C([O-])=NC[C@H](O)[C@@H](O)[C@H](O[C@@H]1O[C@H](CO)[C@H](O)[C@H](O)[C@H]1O)[C@H](O)CO.[Na+]. The van der Waals surface area contributed by atoms with Gasteiger partial charge >= 0.3 is 35.5 Å². The molecule has 0 aromatic carbocycles. The summed E-state index contributed by atoms with van der Waals surface area (Å²) in [6, 6.07) is 0. The molecule has 0 aliphatic carbocycles. The molecule has 31 heavy (non-hydrogen) atoms. The Bertz CT molecular complexity index is 604. The van der Waals surface area contributed by atoms with E-state index in [4.69, 9.17) is 19.7 Å². The minimum absolute atomic E-state index is 0. The Kier molecular flexibility index (Phi) is 14.1. The van der Waals surface area contributed by atoms with Gasteiger partial charge in [0.1, 0.15) is 48.8 Å². The molecule has 9 N–H and O–H groups in total. The second-order valence-corrected chi connectivity index (χ2v) is 6.46. The summed E-state index contributed by atoms with van der Waals surface area (Å²) in [5, 5.41) is 97.8. The molecule has 1 fully saturated rings. The summed E-state index contributed by atoms with van der Waals surface area (Å²) < 4.78 is 10.3. The van der Waals surface area contributed by atoms with Crippen LogP contribution in [0.2, 0.25) is 0 Å². The third-order valence-electron chi connectivity index (χ3n) is 4.24. The van der Waals surface area contributed by atoms with Crippen molar-refractivity contribution in [2.45, 2.75) is 55.1 Å². The number of carbonyl (C=O) groups is 1. The van der Waals surface area contributed by atoms with Gasteiger partial charge in [-0.15, -0.1) is 0 Å². The second kappa shape index (κ2) is 14.4. The maximum Gasteiger partial charge on any atom is 1.00 e. The Balaban J connectivity index is 0.00000900. The number of carboxylic acids is 1. The first-order valence-electron chi connectivity index (χ1n) is 8.76. The Labute approximate surface area is 198 Å². The molecule has 0 spiro atoms. The predicted octanol–water partition coefficient (Wildman–Crippen LogP) is -9.35. The van der Waals surface area contributed by atoms with Gasteiger partial charge < -0.3 is 60.5 Å². The molecule has 174 valence electrons. The van der Waals surface area contributed by atoms with E-state index in [9.17, 15) is 45.6 Å². The van der Waals surface area contributed by atoms with Gasteiger partial charge in [0.2, 0.25) is 0 Å². The smallest absolute Gasteiger partial charge is 0.859 e. The first-order chi connectivity index (χ1) is 14.0. The number of carboxylic acid groups (broad SMARTS) is 1. The zero-order chi connectivity index (χ0) is 23.0. The van der Waals surface area contributed by atoms with Crippen molar-refractivity contribution in [1.82, 2.24) is 0 Å². The van der Waals surface area contributed by atoms with Crippen molar-refractivity contribution in [2.75, 3.05) is 19.8 Å². The number of ether oxygens (including phenoxy) is 2. The molecule has 0 aromatic rings. The summed E-state index contributed by atoms with van der Waals surface area (Å²) >= 11 is 0. The van der Waals surface area contributed by atoms with E-state index in [-0.39, 0.29) is 29.6 Å². The Morgan fingerprint density at radius 3 is 2.19 bits per heavy atom. The second-order valence-electron chi connectivity index (χ2n) is 6.46. The molecule has 1 aliphatic rings. The zero-order valence-corrected chi connectivity index (χ0v) is 18.6. The van der Waals surface area contributed by atoms with Crippen LogP contribution in [-0.2, 0) is 14.3 Å². The van der Waals surface area contributed by atoms with E-state index in [1.807, 2.05) is 0 Å². The third kappa shape index (κ3) is 8.97. The van der Waals surface area contributed by atoms with Gasteiger partial charge in [-0.3, -0.25) is 4.99 Å². The van der Waals surface area contributed by atoms with Crippen molar-refractivity contribution < 1.29 is 94.9 Å². The predicted molar refractivity (Wildman–Crippen MR) is 92.8 cm³/mol. The number of aliphatic hydroxyl groups is 8. The standard InChI is InChI=1S/C16H27NO13.Na/c18-4-7(21)15(11(25)6(20)3-17-9(22)1-2-10(23)24)30-16-14(28)13(27)12(26)8(5-19)29-16;/h1-2,6-8,11-16,18-21,25-28H,3-5H2,(H,17,22)(H,23,24);/q;+1/p-1/b2-1+;/t6-,7+,8+,11+,12-,13-,14+,15+,16-;/m0./s1. The largest absolute Gasteiger partial charge is 1.00 e. The number of nitrogens with zero attached hydrogens (tertiary/aromatic N) is 1. The Morgan fingerprint density at radius 1 is 1.06 bits per heavy atom. The summed E-state index contributed by atoms with van der Waals surface area (Å²) in [5.41, 5.74) is 0. The van der Waals surface area contributed by atoms with E-state index in [2.05, 4.69) is 4.99 Å². The van der Waals surface area contributed by atoms with E-state index in [0.29, 0.717) is 12.2 Å². The van der Waals surface area contributed by atoms with Crippen LogP contribution in [-0.4, -0.2) is 133 Å². The molecule has 15 heteroatoms. The van der Waals surface area contributed by atoms with Crippen LogP contribution < -0.4 is 34.7 Å². The van der Waals surface area contributed by atoms with Crippen LogP contribution >= 0.6 is 0 Å². The van der Waals surface area contributed by atoms with Crippen LogP contribution in [0.5, 0.6) is 0 Å². The van der Waals surface area contributed by atoms with Crippen molar-refractivity contribution in [2.24, 2.45) is 4.99 Å². The number of hydrogen-bond donors (Lipinski definition) is 9. The molecule has 0 saturated carbocycles. The number of aliphatic hydroxyl groups excluding tert-OH is 8. The first-order valence-corrected chi connectivity index (χ1v) is 8.76. The summed E-state index contributed by atoms with van der Waals surface area (Å²) in [7, 11) is 0. The van der Waals surface area contributed by atoms with Crippen LogP contribution in [0.15, 0.2) is 17.1 Å². The minimum atomic E-state index is -2.00. The van der Waals surface area contributed by atoms with Gasteiger partial charge in [-0.05, 0) is 12.0 Å². The van der Waals surface area contributed by atoms with Gasteiger partial charge in [0, 0.05) is 6.08 Å². The van der Waals surface area contributed by atoms with E-state index >= 15 is 0 Å². The van der Waals surface area contributed by atoms with Gasteiger partial charge in [0.15, 0.2) is 6.29 Å². The van der Waals surface area contributed by atoms with E-state index < -0.39 is 86.7 Å². The van der Waals surface area contributed by atoms with E-state index in [1.165, 1.54) is 0 Å². The first kappa shape index (κ1) is 30.3. The molecule has 0 aromatic heterocycles. The molecule has 0 unspecified atom stereocenters. The summed E-state index contributed by atoms with van der Waals surface area (Å²) in [6.45, 7) is -2.48. The fraction of sp³-hybridized carbons (Fsp3) is 0.750. The van der Waals surface area contributed by atoms with Crippen molar-refractivity contribution in [3.05, 3.63) is 12.2 Å². The molecular weight excluding hydrogens is 437 g/mol. The van der Waals surface area contributed by atoms with Crippen LogP contribution in [0.25, 0.3) is 0 Å². The summed E-state index contributed by atoms with van der Waals surface area (Å²) in [5.74, 6) is -2.43. The molecule has 1 rings (SSSR count). The van der Waals surface area contributed by atoms with Gasteiger partial charge in [0.05, 0.1) is 19.8 Å². The maximum atomic E-state index is 11.4. The summed E-state index contributed by atoms with van der Waals surface area (Å²) in [4.78, 5) is 13.6. The quantitative estimate of drug-likeness (QED) is 0.0598. The molecule has 1 heterocycles. The zero-order valence-electron chi connectivity index (χ0n) is 16.6. The molecule has 0 bridgehead atoms. The molecule has 1 aliphatic heterocycles. The molecular formula is C16H26NNaO13. The fourth-order valence-electron chi connectivity index (χ4n) is 2.54. The molecule has 0 amide bonds. The van der Waals surface area contributed by atoms with Crippen LogP contribution in [0.4, 0.5) is 0 Å². The van der Waals surface area contributed by atoms with Gasteiger partial charge in [0.25, 0.3) is 0 Å². The molecule has 1 saturated heterocycles. The summed E-state index contributed by atoms with van der Waals surface area (Å²) in [6.07, 6.45) is -14.9. The van der Waals surface area contributed by atoms with Crippen LogP contribution in [0, 0.1) is 0 Å². The average molecular weight is 463 g/mol. The third-order valence-corrected chi connectivity index (χ3v) is 4.24. The topological polar surface area (TPSA) is 253 Å². The van der Waals surface area contributed by atoms with E-state index in [0.717, 1.165) is 0 Å². The Hall–Kier alpha value is -0.720. The Morgan fingerprint density at radius 2 is 1.68 bits per heavy atom. The number of rotatable bonds is 11. The van der Waals surface area contributed by atoms with Crippen molar-refractivity contribution in [1.29, 1.82) is 0 Å². The van der Waals surface area contributed by atoms with Crippen molar-refractivity contribution >= 4 is 11.9 Å². The van der Waals surface area contributed by atoms with Crippen LogP contribution in [0.3, 0.4) is 0 Å². The van der Waals surface area contributed by atoms with Crippen molar-refractivity contribution in [3.8, 4) is 0 Å². The van der Waals surface area contributed by atoms with Crippen molar-refractivity contribution in [3.63, 3.8) is 0 Å².